The third-order valence-electron chi connectivity index (χ3n) is 5.55. The molecule has 4 N–H and O–H groups in total. The van der Waals surface area contributed by atoms with Crippen LogP contribution in [0.2, 0.25) is 0 Å². The van der Waals surface area contributed by atoms with E-state index in [1.807, 2.05) is 0 Å². The molecular weight excluding hydrogens is 380 g/mol. The number of aliphatic carboxylic acids is 1. The highest BCUT2D eigenvalue weighted by Gasteiger charge is 2.21. The van der Waals surface area contributed by atoms with Gasteiger partial charge in [-0.05, 0) is 6.42 Å². The molecule has 30 heavy (non-hydrogen) atoms. The molecule has 6 nitrogen and oxygen atoms in total. The highest BCUT2D eigenvalue weighted by Crippen LogP contribution is 2.14. The molecule has 0 aromatic rings. The number of hydrogen-bond acceptors (Lipinski definition) is 3. The zero-order valence-electron chi connectivity index (χ0n) is 19.3. The van der Waals surface area contributed by atoms with Crippen LogP contribution in [0.1, 0.15) is 129 Å². The lowest BCUT2D eigenvalue weighted by atomic mass is 10.0. The lowest BCUT2D eigenvalue weighted by molar-refractivity contribution is -0.143. The van der Waals surface area contributed by atoms with Crippen molar-refractivity contribution in [1.29, 1.82) is 0 Å². The van der Waals surface area contributed by atoms with Crippen molar-refractivity contribution in [3.63, 3.8) is 0 Å². The molecule has 0 rings (SSSR count). The van der Waals surface area contributed by atoms with Gasteiger partial charge in [-0.1, -0.05) is 110 Å². The van der Waals surface area contributed by atoms with Gasteiger partial charge in [-0.25, -0.2) is 4.79 Å². The van der Waals surface area contributed by atoms with E-state index in [0.29, 0.717) is 6.42 Å². The summed E-state index contributed by atoms with van der Waals surface area (Å²) in [4.78, 5) is 33.6. The predicted octanol–water partition coefficient (Wildman–Crippen LogP) is 5.47. The van der Waals surface area contributed by atoms with E-state index in [1.165, 1.54) is 89.9 Å². The zero-order chi connectivity index (χ0) is 22.5. The molecule has 0 saturated heterocycles. The highest BCUT2D eigenvalue weighted by atomic mass is 16.4. The third-order valence-corrected chi connectivity index (χ3v) is 5.55. The van der Waals surface area contributed by atoms with Crippen LogP contribution in [0, 0.1) is 0 Å². The van der Waals surface area contributed by atoms with E-state index in [2.05, 4.69) is 12.2 Å². The molecule has 0 spiro atoms. The van der Waals surface area contributed by atoms with E-state index in [9.17, 15) is 14.4 Å². The molecule has 0 heterocycles. The van der Waals surface area contributed by atoms with Crippen molar-refractivity contribution in [3.8, 4) is 0 Å². The number of primary amides is 1. The minimum atomic E-state index is -1.23. The van der Waals surface area contributed by atoms with Gasteiger partial charge in [0.15, 0.2) is 0 Å². The fourth-order valence-corrected chi connectivity index (χ4v) is 3.68. The number of unbranched alkanes of at least 4 members (excludes halogenated alkanes) is 16. The van der Waals surface area contributed by atoms with E-state index in [4.69, 9.17) is 10.8 Å². The Bertz CT molecular complexity index is 454. The first-order valence-electron chi connectivity index (χ1n) is 12.3. The Balaban J connectivity index is 3.37. The molecule has 0 radical (unpaired) electrons. The molecule has 0 bridgehead atoms. The number of nitrogens with one attached hydrogen (secondary N) is 1. The van der Waals surface area contributed by atoms with E-state index in [1.54, 1.807) is 0 Å². The summed E-state index contributed by atoms with van der Waals surface area (Å²) in [6, 6.07) is -1.22. The fraction of sp³-hybridized carbons (Fsp3) is 0.875. The molecule has 0 aliphatic carbocycles. The second-order valence-electron chi connectivity index (χ2n) is 8.54. The number of carbonyl (C=O) groups is 3. The average Bonchev–Trinajstić information content (AvgIpc) is 2.69. The molecule has 1 atom stereocenters. The lowest BCUT2D eigenvalue weighted by Crippen LogP contribution is -2.43. The van der Waals surface area contributed by atoms with Crippen molar-refractivity contribution in [2.75, 3.05) is 0 Å². The maximum absolute atomic E-state index is 11.8. The van der Waals surface area contributed by atoms with Gasteiger partial charge in [0.2, 0.25) is 11.8 Å². The topological polar surface area (TPSA) is 109 Å². The van der Waals surface area contributed by atoms with Gasteiger partial charge in [0.05, 0.1) is 6.42 Å². The normalized spacial score (nSPS) is 11.9. The van der Waals surface area contributed by atoms with Crippen LogP contribution in [-0.4, -0.2) is 28.9 Å². The average molecular weight is 427 g/mol. The maximum Gasteiger partial charge on any atom is 0.326 e. The van der Waals surface area contributed by atoms with Crippen molar-refractivity contribution in [2.45, 2.75) is 135 Å². The van der Waals surface area contributed by atoms with Gasteiger partial charge in [-0.15, -0.1) is 0 Å². The molecular formula is C24H46N2O4. The first-order chi connectivity index (χ1) is 14.5. The first kappa shape index (κ1) is 28.4. The first-order valence-corrected chi connectivity index (χ1v) is 12.3. The quantitative estimate of drug-likeness (QED) is 0.199. The lowest BCUT2D eigenvalue weighted by Gasteiger charge is -2.12. The molecule has 2 amide bonds. The van der Waals surface area contributed by atoms with Gasteiger partial charge in [0.25, 0.3) is 0 Å². The minimum absolute atomic E-state index is 0.293. The maximum atomic E-state index is 11.8. The van der Waals surface area contributed by atoms with Crippen LogP contribution in [0.5, 0.6) is 0 Å². The molecule has 0 aliphatic rings. The Morgan fingerprint density at radius 2 is 1.07 bits per heavy atom. The van der Waals surface area contributed by atoms with Crippen molar-refractivity contribution in [1.82, 2.24) is 5.32 Å². The Morgan fingerprint density at radius 1 is 0.700 bits per heavy atom. The number of carboxylic acid groups (broad SMARTS) is 1. The molecule has 0 aromatic heterocycles. The second-order valence-corrected chi connectivity index (χ2v) is 8.54. The van der Waals surface area contributed by atoms with E-state index in [0.717, 1.165) is 19.3 Å². The van der Waals surface area contributed by atoms with Crippen LogP contribution in [0.25, 0.3) is 0 Å². The summed E-state index contributed by atoms with van der Waals surface area (Å²) in [6.07, 6.45) is 21.7. The van der Waals surface area contributed by atoms with Crippen molar-refractivity contribution < 1.29 is 19.5 Å². The third kappa shape index (κ3) is 19.7. The largest absolute Gasteiger partial charge is 0.480 e. The molecule has 0 saturated carbocycles. The van der Waals surface area contributed by atoms with Crippen molar-refractivity contribution in [2.24, 2.45) is 5.73 Å². The SMILES string of the molecule is CCCCCCCCCCCCCCCCCCCC(=O)N[C@@H](CC(N)=O)C(=O)O. The Labute approximate surface area is 183 Å². The monoisotopic (exact) mass is 426 g/mol. The smallest absolute Gasteiger partial charge is 0.326 e. The van der Waals surface area contributed by atoms with Crippen LogP contribution in [0.4, 0.5) is 0 Å². The number of hydrogen-bond donors (Lipinski definition) is 3. The predicted molar refractivity (Wildman–Crippen MR) is 122 cm³/mol. The summed E-state index contributed by atoms with van der Waals surface area (Å²) < 4.78 is 0. The Morgan fingerprint density at radius 3 is 1.40 bits per heavy atom. The van der Waals surface area contributed by atoms with Crippen LogP contribution in [0.3, 0.4) is 0 Å². The van der Waals surface area contributed by atoms with Gasteiger partial charge in [-0.2, -0.15) is 0 Å². The summed E-state index contributed by atoms with van der Waals surface area (Å²) in [5.74, 6) is -2.30. The van der Waals surface area contributed by atoms with Crippen LogP contribution in [0.15, 0.2) is 0 Å². The molecule has 176 valence electrons. The van der Waals surface area contributed by atoms with E-state index >= 15 is 0 Å². The minimum Gasteiger partial charge on any atom is -0.480 e. The molecule has 6 heteroatoms. The summed E-state index contributed by atoms with van der Waals surface area (Å²) >= 11 is 0. The second kappa shape index (κ2) is 20.7. The van der Waals surface area contributed by atoms with Crippen molar-refractivity contribution >= 4 is 17.8 Å². The van der Waals surface area contributed by atoms with Gasteiger partial charge in [0, 0.05) is 6.42 Å². The number of rotatable bonds is 22. The summed E-state index contributed by atoms with van der Waals surface area (Å²) in [5, 5.41) is 11.3. The van der Waals surface area contributed by atoms with E-state index in [-0.39, 0.29) is 12.3 Å². The van der Waals surface area contributed by atoms with Crippen LogP contribution >= 0.6 is 0 Å². The number of nitrogens with two attached hydrogens (primary N) is 1. The van der Waals surface area contributed by atoms with Gasteiger partial charge >= 0.3 is 5.97 Å². The fourth-order valence-electron chi connectivity index (χ4n) is 3.68. The molecule has 0 unspecified atom stereocenters. The number of amides is 2. The summed E-state index contributed by atoms with van der Waals surface area (Å²) in [5.41, 5.74) is 5.00. The molecule has 0 aliphatic heterocycles. The van der Waals surface area contributed by atoms with Crippen LogP contribution < -0.4 is 11.1 Å². The molecule has 0 aromatic carbocycles. The van der Waals surface area contributed by atoms with Crippen LogP contribution in [-0.2, 0) is 14.4 Å². The van der Waals surface area contributed by atoms with E-state index < -0.39 is 17.9 Å². The Kier molecular flexibility index (Phi) is 19.6. The highest BCUT2D eigenvalue weighted by molar-refractivity contribution is 5.88. The number of carbonyl (C=O) groups excluding carboxylic acids is 2. The van der Waals surface area contributed by atoms with Gasteiger partial charge < -0.3 is 16.2 Å². The van der Waals surface area contributed by atoms with Gasteiger partial charge in [-0.3, -0.25) is 9.59 Å². The standard InChI is InChI=1S/C24H46N2O4/c1-2-3-4-5-6-7-8-9-10-11-12-13-14-15-16-17-18-19-23(28)26-21(24(29)30)20-22(25)27/h21H,2-20H2,1H3,(H2,25,27)(H,26,28)(H,29,30)/t21-/m0/s1. The summed E-state index contributed by atoms with van der Waals surface area (Å²) in [7, 11) is 0. The van der Waals surface area contributed by atoms with Gasteiger partial charge in [0.1, 0.15) is 6.04 Å². The van der Waals surface area contributed by atoms with Crippen molar-refractivity contribution in [3.05, 3.63) is 0 Å². The molecule has 0 fully saturated rings. The summed E-state index contributed by atoms with van der Waals surface area (Å²) in [6.45, 7) is 2.26. The Hall–Kier alpha value is -1.59. The number of carboxylic acids is 1. The zero-order valence-corrected chi connectivity index (χ0v) is 19.3.